The van der Waals surface area contributed by atoms with Gasteiger partial charge >= 0.3 is 6.09 Å². The molecule has 47 heavy (non-hydrogen) atoms. The zero-order chi connectivity index (χ0) is 34.1. The highest BCUT2D eigenvalue weighted by atomic mass is 32.2. The molecule has 2 rings (SSSR count). The van der Waals surface area contributed by atoms with Crippen molar-refractivity contribution in [3.63, 3.8) is 0 Å². The lowest BCUT2D eigenvalue weighted by atomic mass is 10.0. The third-order valence-corrected chi connectivity index (χ3v) is 10.1. The molecule has 0 spiro atoms. The number of hydrogen-bond acceptors (Lipinski definition) is 7. The summed E-state index contributed by atoms with van der Waals surface area (Å²) in [4.78, 5) is 50.2. The molecule has 0 aliphatic carbocycles. The molecule has 1 saturated heterocycles. The first-order valence-electron chi connectivity index (χ1n) is 18.3. The van der Waals surface area contributed by atoms with Crippen LogP contribution in [0.3, 0.4) is 0 Å². The Labute approximate surface area is 288 Å². The third-order valence-electron chi connectivity index (χ3n) is 8.81. The summed E-state index contributed by atoms with van der Waals surface area (Å²) in [6.45, 7) is 7.39. The van der Waals surface area contributed by atoms with Crippen LogP contribution in [0.4, 0.5) is 9.59 Å². The molecule has 10 heteroatoms. The van der Waals surface area contributed by atoms with E-state index in [0.29, 0.717) is 25.5 Å². The molecular weight excluding hydrogens is 614 g/mol. The number of Topliss-reactive ketones (excluding diaryl/α,β-unsaturated/α-hetero) is 1. The Morgan fingerprint density at radius 1 is 0.894 bits per heavy atom. The normalized spacial score (nSPS) is 16.1. The third kappa shape index (κ3) is 18.6. The number of ketones is 1. The standard InChI is InChI=1S/C37H61N3O6S/c1-4-39-26-21-19-24-33(39)29-38-36(43)46-30-34-35(25-22-28-45-34)47-37(44)40(32(3)42)27-20-17-15-13-11-9-7-5-6-8-10-12-14-16-18-23-31(2)41/h19,21,24,26,34-35H,4-18,20,22-23,25,27-30H2,1-3H3/p+1/t34-,35-/m0/s1. The number of rotatable bonds is 24. The van der Waals surface area contributed by atoms with Crippen molar-refractivity contribution in [2.24, 2.45) is 0 Å². The van der Waals surface area contributed by atoms with Crippen LogP contribution in [0.2, 0.25) is 0 Å². The first-order valence-corrected chi connectivity index (χ1v) is 19.2. The molecule has 2 heterocycles. The van der Waals surface area contributed by atoms with E-state index in [2.05, 4.69) is 9.88 Å². The Morgan fingerprint density at radius 3 is 2.06 bits per heavy atom. The second kappa shape index (κ2) is 25.5. The molecule has 0 aromatic carbocycles. The van der Waals surface area contributed by atoms with E-state index in [1.54, 1.807) is 6.92 Å². The monoisotopic (exact) mass is 676 g/mol. The first kappa shape index (κ1) is 40.7. The fraction of sp³-hybridized carbons (Fsp3) is 0.757. The van der Waals surface area contributed by atoms with Gasteiger partial charge in [0.1, 0.15) is 31.6 Å². The highest BCUT2D eigenvalue weighted by Crippen LogP contribution is 2.29. The van der Waals surface area contributed by atoms with Crippen molar-refractivity contribution >= 4 is 34.8 Å². The molecule has 1 aromatic heterocycles. The van der Waals surface area contributed by atoms with Gasteiger partial charge in [-0.25, -0.2) is 9.36 Å². The molecule has 1 fully saturated rings. The van der Waals surface area contributed by atoms with Gasteiger partial charge in [-0.05, 0) is 39.5 Å². The van der Waals surface area contributed by atoms with Crippen molar-refractivity contribution in [1.29, 1.82) is 0 Å². The highest BCUT2D eigenvalue weighted by molar-refractivity contribution is 8.14. The molecular formula is C37H62N3O6S+. The maximum atomic E-state index is 13.1. The predicted octanol–water partition coefficient (Wildman–Crippen LogP) is 8.30. The number of hydrogen-bond donors (Lipinski definition) is 1. The summed E-state index contributed by atoms with van der Waals surface area (Å²) >= 11 is 1.14. The van der Waals surface area contributed by atoms with Crippen LogP contribution in [-0.2, 0) is 32.2 Å². The molecule has 1 aliphatic rings. The first-order chi connectivity index (χ1) is 22.8. The summed E-state index contributed by atoms with van der Waals surface area (Å²) in [6.07, 6.45) is 21.4. The SMILES string of the molecule is CC[n+]1ccccc1CNC(=O)OC[C@@H]1OCCC[C@@H]1SC(=O)N(CCCCCCCCCCCCCCCCCC(C)=O)C(C)=O. The van der Waals surface area contributed by atoms with E-state index in [0.717, 1.165) is 68.9 Å². The second-order valence-corrected chi connectivity index (χ2v) is 14.0. The van der Waals surface area contributed by atoms with Gasteiger partial charge in [-0.2, -0.15) is 0 Å². The number of unbranched alkanes of at least 4 members (excludes halogenated alkanes) is 14. The average Bonchev–Trinajstić information content (AvgIpc) is 3.06. The van der Waals surface area contributed by atoms with Crippen LogP contribution in [0.25, 0.3) is 0 Å². The number of aromatic nitrogens is 1. The topological polar surface area (TPSA) is 106 Å². The fourth-order valence-corrected chi connectivity index (χ4v) is 7.17. The van der Waals surface area contributed by atoms with Crippen molar-refractivity contribution in [3.05, 3.63) is 30.1 Å². The lowest BCUT2D eigenvalue weighted by Crippen LogP contribution is -2.42. The van der Waals surface area contributed by atoms with E-state index in [1.807, 2.05) is 31.3 Å². The number of nitrogens with zero attached hydrogens (tertiary/aromatic N) is 2. The molecule has 1 aliphatic heterocycles. The molecule has 3 amide bonds. The summed E-state index contributed by atoms with van der Waals surface area (Å²) < 4.78 is 13.4. The number of imide groups is 1. The number of amides is 3. The summed E-state index contributed by atoms with van der Waals surface area (Å²) in [6, 6.07) is 5.85. The maximum absolute atomic E-state index is 13.1. The average molecular weight is 677 g/mol. The van der Waals surface area contributed by atoms with Gasteiger partial charge < -0.3 is 19.6 Å². The number of carbonyl (C=O) groups excluding carboxylic acids is 4. The van der Waals surface area contributed by atoms with Crippen molar-refractivity contribution in [3.8, 4) is 0 Å². The van der Waals surface area contributed by atoms with Crippen LogP contribution in [0, 0.1) is 0 Å². The lowest BCUT2D eigenvalue weighted by molar-refractivity contribution is -0.701. The molecule has 2 atom stereocenters. The van der Waals surface area contributed by atoms with E-state index in [9.17, 15) is 19.2 Å². The molecule has 266 valence electrons. The quantitative estimate of drug-likeness (QED) is 0.0867. The van der Waals surface area contributed by atoms with Gasteiger partial charge in [0.2, 0.25) is 11.6 Å². The van der Waals surface area contributed by atoms with E-state index in [-0.39, 0.29) is 23.0 Å². The second-order valence-electron chi connectivity index (χ2n) is 12.8. The molecule has 0 radical (unpaired) electrons. The van der Waals surface area contributed by atoms with Crippen LogP contribution < -0.4 is 9.88 Å². The van der Waals surface area contributed by atoms with E-state index in [4.69, 9.17) is 9.47 Å². The van der Waals surface area contributed by atoms with Gasteiger partial charge in [0.05, 0.1) is 0 Å². The molecule has 9 nitrogen and oxygen atoms in total. The van der Waals surface area contributed by atoms with Gasteiger partial charge in [-0.1, -0.05) is 101 Å². The summed E-state index contributed by atoms with van der Waals surface area (Å²) in [5.74, 6) is 0.0766. The van der Waals surface area contributed by atoms with Gasteiger partial charge in [0.25, 0.3) is 5.24 Å². The zero-order valence-electron chi connectivity index (χ0n) is 29.5. The molecule has 1 N–H and O–H groups in total. The Morgan fingerprint density at radius 2 is 1.49 bits per heavy atom. The Bertz CT molecular complexity index is 1050. The van der Waals surface area contributed by atoms with E-state index in [1.165, 1.54) is 82.5 Å². The number of alkyl carbamates (subject to hydrolysis) is 1. The minimum Gasteiger partial charge on any atom is -0.447 e. The van der Waals surface area contributed by atoms with E-state index >= 15 is 0 Å². The minimum atomic E-state index is -0.522. The summed E-state index contributed by atoms with van der Waals surface area (Å²) in [7, 11) is 0. The van der Waals surface area contributed by atoms with Crippen molar-refractivity contribution in [2.45, 2.75) is 161 Å². The number of thioether (sulfide) groups is 1. The summed E-state index contributed by atoms with van der Waals surface area (Å²) in [5, 5.41) is 2.37. The van der Waals surface area contributed by atoms with Gasteiger partial charge in [0, 0.05) is 43.9 Å². The predicted molar refractivity (Wildman–Crippen MR) is 188 cm³/mol. The number of pyridine rings is 1. The molecule has 0 unspecified atom stereocenters. The number of carbonyl (C=O) groups is 4. The minimum absolute atomic E-state index is 0.0590. The maximum Gasteiger partial charge on any atom is 0.407 e. The number of nitrogens with one attached hydrogen (secondary N) is 1. The fourth-order valence-electron chi connectivity index (χ4n) is 5.97. The smallest absolute Gasteiger partial charge is 0.407 e. The molecule has 1 aromatic rings. The Balaban J connectivity index is 1.56. The Hall–Kier alpha value is -2.46. The van der Waals surface area contributed by atoms with Crippen LogP contribution >= 0.6 is 11.8 Å². The van der Waals surface area contributed by atoms with Crippen molar-refractivity contribution in [1.82, 2.24) is 10.2 Å². The number of ether oxygens (including phenoxy) is 2. The van der Waals surface area contributed by atoms with Crippen molar-refractivity contribution < 1.29 is 33.2 Å². The van der Waals surface area contributed by atoms with E-state index < -0.39 is 12.2 Å². The Kier molecular flexibility index (Phi) is 22.1. The molecule has 0 saturated carbocycles. The van der Waals surface area contributed by atoms with Gasteiger partial charge in [-0.15, -0.1) is 0 Å². The largest absolute Gasteiger partial charge is 0.447 e. The zero-order valence-corrected chi connectivity index (χ0v) is 30.3. The summed E-state index contributed by atoms with van der Waals surface area (Å²) in [5.41, 5.74) is 0.979. The van der Waals surface area contributed by atoms with Gasteiger partial charge in [-0.3, -0.25) is 14.5 Å². The molecule has 0 bridgehead atoms. The number of aryl methyl sites for hydroxylation is 1. The lowest BCUT2D eigenvalue weighted by Gasteiger charge is -2.31. The van der Waals surface area contributed by atoms with Crippen molar-refractivity contribution in [2.75, 3.05) is 19.8 Å². The van der Waals surface area contributed by atoms with Crippen LogP contribution in [0.5, 0.6) is 0 Å². The highest BCUT2D eigenvalue weighted by Gasteiger charge is 2.32. The van der Waals surface area contributed by atoms with Gasteiger partial charge in [0.15, 0.2) is 6.20 Å². The van der Waals surface area contributed by atoms with Crippen LogP contribution in [0.15, 0.2) is 24.4 Å². The van der Waals surface area contributed by atoms with Crippen LogP contribution in [-0.4, -0.2) is 59.0 Å². The van der Waals surface area contributed by atoms with Crippen LogP contribution in [0.1, 0.15) is 142 Å².